The number of thioether (sulfide) groups is 1. The molecule has 0 bridgehead atoms. The van der Waals surface area contributed by atoms with Crippen LogP contribution in [0.2, 0.25) is 0 Å². The summed E-state index contributed by atoms with van der Waals surface area (Å²) >= 11 is 2.87. The lowest BCUT2D eigenvalue weighted by Gasteiger charge is -2.12. The van der Waals surface area contributed by atoms with Crippen molar-refractivity contribution in [2.45, 2.75) is 6.54 Å². The van der Waals surface area contributed by atoms with Crippen LogP contribution in [0.4, 0.5) is 10.5 Å². The fraction of sp³-hybridized carbons (Fsp3) is 0.111. The van der Waals surface area contributed by atoms with Gasteiger partial charge in [-0.2, -0.15) is 0 Å². The molecule has 1 aliphatic heterocycles. The molecule has 1 aliphatic rings. The smallest absolute Gasteiger partial charge is 0.293 e. The highest BCUT2D eigenvalue weighted by Gasteiger charge is 2.35. The molecule has 8 nitrogen and oxygen atoms in total. The number of ether oxygens (including phenoxy) is 1. The summed E-state index contributed by atoms with van der Waals surface area (Å²) in [5.41, 5.74) is 0.508. The molecule has 2 aromatic rings. The van der Waals surface area contributed by atoms with Crippen LogP contribution in [0.3, 0.4) is 0 Å². The quantitative estimate of drug-likeness (QED) is 0.278. The first kappa shape index (κ1) is 20.1. The summed E-state index contributed by atoms with van der Waals surface area (Å²) in [6.45, 7) is 0.114. The molecule has 0 radical (unpaired) electrons. The van der Waals surface area contributed by atoms with Crippen molar-refractivity contribution in [2.24, 2.45) is 0 Å². The third kappa shape index (κ3) is 4.12. The van der Waals surface area contributed by atoms with Gasteiger partial charge >= 0.3 is 0 Å². The number of phenols is 1. The molecule has 0 aliphatic carbocycles. The van der Waals surface area contributed by atoms with Crippen molar-refractivity contribution in [2.75, 3.05) is 7.11 Å². The molecule has 10 heteroatoms. The largest absolute Gasteiger partial charge is 0.504 e. The Morgan fingerprint density at radius 2 is 1.96 bits per heavy atom. The minimum atomic E-state index is -0.637. The fourth-order valence-corrected chi connectivity index (χ4v) is 3.72. The maximum absolute atomic E-state index is 12.6. The summed E-state index contributed by atoms with van der Waals surface area (Å²) in [5.74, 6) is -0.977. The molecule has 28 heavy (non-hydrogen) atoms. The van der Waals surface area contributed by atoms with E-state index in [0.717, 1.165) is 26.2 Å². The third-order valence-electron chi connectivity index (χ3n) is 3.93. The number of imide groups is 1. The van der Waals surface area contributed by atoms with E-state index >= 15 is 0 Å². The summed E-state index contributed by atoms with van der Waals surface area (Å²) in [6.07, 6.45) is 1.25. The van der Waals surface area contributed by atoms with Crippen molar-refractivity contribution in [3.63, 3.8) is 0 Å². The standard InChI is InChI=1S/C18H13IN2O6S/c1-27-14-8-13(21(25)26)6-11(16(14)22)7-15-17(23)20(18(24)28-15)9-10-2-4-12(19)5-3-10/h2-8,22H,9H2,1H3/b15-7-. The van der Waals surface area contributed by atoms with Gasteiger partial charge in [0.25, 0.3) is 16.8 Å². The number of carbonyl (C=O) groups is 2. The highest BCUT2D eigenvalue weighted by molar-refractivity contribution is 14.1. The number of hydrogen-bond donors (Lipinski definition) is 1. The van der Waals surface area contributed by atoms with Gasteiger partial charge in [0.05, 0.1) is 29.5 Å². The Hall–Kier alpha value is -2.60. The number of carbonyl (C=O) groups excluding carboxylic acids is 2. The predicted octanol–water partition coefficient (Wildman–Crippen LogP) is 4.15. The molecule has 1 fully saturated rings. The van der Waals surface area contributed by atoms with Crippen LogP contribution in [-0.2, 0) is 11.3 Å². The number of nitrogens with zero attached hydrogens (tertiary/aromatic N) is 2. The van der Waals surface area contributed by atoms with E-state index in [4.69, 9.17) is 4.74 Å². The van der Waals surface area contributed by atoms with Gasteiger partial charge in [-0.1, -0.05) is 12.1 Å². The zero-order valence-electron chi connectivity index (χ0n) is 14.4. The Balaban J connectivity index is 1.92. The Bertz CT molecular complexity index is 1010. The second-order valence-electron chi connectivity index (χ2n) is 5.74. The first-order valence-electron chi connectivity index (χ1n) is 7.85. The van der Waals surface area contributed by atoms with Crippen molar-refractivity contribution < 1.29 is 24.4 Å². The maximum Gasteiger partial charge on any atom is 0.293 e. The topological polar surface area (TPSA) is 110 Å². The summed E-state index contributed by atoms with van der Waals surface area (Å²) in [4.78, 5) is 36.5. The van der Waals surface area contributed by atoms with Crippen LogP contribution in [0.1, 0.15) is 11.1 Å². The maximum atomic E-state index is 12.6. The highest BCUT2D eigenvalue weighted by atomic mass is 127. The van der Waals surface area contributed by atoms with Crippen LogP contribution in [0.5, 0.6) is 11.5 Å². The van der Waals surface area contributed by atoms with Gasteiger partial charge in [-0.3, -0.25) is 24.6 Å². The normalized spacial score (nSPS) is 15.4. The Labute approximate surface area is 177 Å². The number of hydrogen-bond acceptors (Lipinski definition) is 7. The van der Waals surface area contributed by atoms with Gasteiger partial charge in [0.15, 0.2) is 11.5 Å². The van der Waals surface area contributed by atoms with E-state index in [-0.39, 0.29) is 34.2 Å². The number of amides is 2. The molecule has 0 saturated carbocycles. The molecule has 1 N–H and O–H groups in total. The van der Waals surface area contributed by atoms with Crippen LogP contribution < -0.4 is 4.74 Å². The van der Waals surface area contributed by atoms with Gasteiger partial charge in [-0.15, -0.1) is 0 Å². The van der Waals surface area contributed by atoms with Crippen molar-refractivity contribution in [3.05, 3.63) is 66.1 Å². The zero-order valence-corrected chi connectivity index (χ0v) is 17.4. The SMILES string of the molecule is COc1cc([N+](=O)[O-])cc(/C=C2\SC(=O)N(Cc3ccc(I)cc3)C2=O)c1O. The predicted molar refractivity (Wildman–Crippen MR) is 112 cm³/mol. The monoisotopic (exact) mass is 512 g/mol. The van der Waals surface area contributed by atoms with E-state index in [1.54, 1.807) is 0 Å². The first-order chi connectivity index (χ1) is 13.3. The van der Waals surface area contributed by atoms with E-state index in [0.29, 0.717) is 11.8 Å². The zero-order chi connectivity index (χ0) is 20.4. The third-order valence-corrected chi connectivity index (χ3v) is 5.56. The second-order valence-corrected chi connectivity index (χ2v) is 7.98. The summed E-state index contributed by atoms with van der Waals surface area (Å²) in [6, 6.07) is 9.59. The van der Waals surface area contributed by atoms with Crippen LogP contribution >= 0.6 is 34.4 Å². The molecule has 0 atom stereocenters. The van der Waals surface area contributed by atoms with E-state index in [1.807, 2.05) is 24.3 Å². The molecule has 0 spiro atoms. The number of rotatable bonds is 5. The number of nitro benzene ring substituents is 1. The molecular formula is C18H13IN2O6S. The van der Waals surface area contributed by atoms with Gasteiger partial charge in [0, 0.05) is 15.2 Å². The number of methoxy groups -OCH3 is 1. The van der Waals surface area contributed by atoms with Crippen molar-refractivity contribution >= 4 is 57.3 Å². The van der Waals surface area contributed by atoms with E-state index in [9.17, 15) is 24.8 Å². The molecule has 1 heterocycles. The number of phenolic OH excluding ortho intramolecular Hbond substituents is 1. The molecule has 2 amide bonds. The van der Waals surface area contributed by atoms with Gasteiger partial charge in [0.1, 0.15) is 0 Å². The number of non-ortho nitro benzene ring substituents is 1. The number of nitro groups is 1. The molecule has 3 rings (SSSR count). The second kappa shape index (κ2) is 8.19. The molecular weight excluding hydrogens is 499 g/mol. The average molecular weight is 512 g/mol. The summed E-state index contributed by atoms with van der Waals surface area (Å²) in [5, 5.41) is 20.8. The lowest BCUT2D eigenvalue weighted by atomic mass is 10.1. The van der Waals surface area contributed by atoms with Crippen LogP contribution in [-0.4, -0.2) is 33.2 Å². The van der Waals surface area contributed by atoms with Crippen LogP contribution in [0, 0.1) is 13.7 Å². The minimum absolute atomic E-state index is 0.0193. The molecule has 0 aromatic heterocycles. The van der Waals surface area contributed by atoms with Crippen LogP contribution in [0.25, 0.3) is 6.08 Å². The van der Waals surface area contributed by atoms with Crippen LogP contribution in [0.15, 0.2) is 41.3 Å². The Morgan fingerprint density at radius 1 is 1.29 bits per heavy atom. The summed E-state index contributed by atoms with van der Waals surface area (Å²) < 4.78 is 5.98. The molecule has 2 aromatic carbocycles. The van der Waals surface area contributed by atoms with Crippen molar-refractivity contribution in [3.8, 4) is 11.5 Å². The van der Waals surface area contributed by atoms with E-state index in [1.165, 1.54) is 13.2 Å². The van der Waals surface area contributed by atoms with Crippen molar-refractivity contribution in [1.82, 2.24) is 4.90 Å². The Kier molecular flexibility index (Phi) is 5.89. The average Bonchev–Trinajstić information content (AvgIpc) is 2.92. The summed E-state index contributed by atoms with van der Waals surface area (Å²) in [7, 11) is 1.26. The minimum Gasteiger partial charge on any atom is -0.504 e. The van der Waals surface area contributed by atoms with Crippen molar-refractivity contribution in [1.29, 1.82) is 0 Å². The van der Waals surface area contributed by atoms with Gasteiger partial charge in [-0.25, -0.2) is 0 Å². The van der Waals surface area contributed by atoms with E-state index < -0.39 is 16.1 Å². The van der Waals surface area contributed by atoms with Gasteiger partial charge in [-0.05, 0) is 58.1 Å². The molecule has 144 valence electrons. The molecule has 0 unspecified atom stereocenters. The highest BCUT2D eigenvalue weighted by Crippen LogP contribution is 2.39. The van der Waals surface area contributed by atoms with Gasteiger partial charge in [0.2, 0.25) is 0 Å². The number of benzene rings is 2. The lowest BCUT2D eigenvalue weighted by Crippen LogP contribution is -2.27. The molecule has 1 saturated heterocycles. The first-order valence-corrected chi connectivity index (χ1v) is 9.75. The van der Waals surface area contributed by atoms with Gasteiger partial charge < -0.3 is 9.84 Å². The fourth-order valence-electron chi connectivity index (χ4n) is 2.54. The number of aromatic hydroxyl groups is 1. The van der Waals surface area contributed by atoms with E-state index in [2.05, 4.69) is 22.6 Å². The Morgan fingerprint density at radius 3 is 2.57 bits per heavy atom. The number of halogens is 1. The lowest BCUT2D eigenvalue weighted by molar-refractivity contribution is -0.385.